The molecule has 0 saturated heterocycles. The maximum Gasteiger partial charge on any atom is 0.339 e. The third-order valence-corrected chi connectivity index (χ3v) is 2.31. The Bertz CT molecular complexity index is 573. The number of rotatable bonds is 2. The van der Waals surface area contributed by atoms with E-state index in [2.05, 4.69) is 5.10 Å². The molecule has 0 saturated carbocycles. The number of nitrogens with zero attached hydrogens (tertiary/aromatic N) is 2. The van der Waals surface area contributed by atoms with E-state index in [0.717, 1.165) is 24.4 Å². The first kappa shape index (κ1) is 11.3. The average Bonchev–Trinajstić information content (AvgIpc) is 2.58. The SMILES string of the molecule is Cn1ncc(C(=O)O)c1-c1cc(F)cc(F)c1. The van der Waals surface area contributed by atoms with E-state index in [1.54, 1.807) is 0 Å². The van der Waals surface area contributed by atoms with Gasteiger partial charge in [-0.3, -0.25) is 4.68 Å². The first-order chi connectivity index (χ1) is 7.99. The molecule has 0 radical (unpaired) electrons. The summed E-state index contributed by atoms with van der Waals surface area (Å²) in [6.07, 6.45) is 1.14. The molecule has 1 N–H and O–H groups in total. The summed E-state index contributed by atoms with van der Waals surface area (Å²) in [4.78, 5) is 10.9. The Morgan fingerprint density at radius 3 is 2.41 bits per heavy atom. The number of aryl methyl sites for hydroxylation is 1. The maximum absolute atomic E-state index is 13.1. The number of aromatic nitrogens is 2. The van der Waals surface area contributed by atoms with Gasteiger partial charge in [0.05, 0.1) is 11.9 Å². The number of halogens is 2. The summed E-state index contributed by atoms with van der Waals surface area (Å²) < 4.78 is 27.4. The van der Waals surface area contributed by atoms with Crippen molar-refractivity contribution in [2.24, 2.45) is 7.05 Å². The standard InChI is InChI=1S/C11H8F2N2O2/c1-15-10(9(5-14-15)11(16)17)6-2-7(12)4-8(13)3-6/h2-5H,1H3,(H,16,17). The van der Waals surface area contributed by atoms with Gasteiger partial charge in [0, 0.05) is 18.7 Å². The fourth-order valence-corrected chi connectivity index (χ4v) is 1.63. The lowest BCUT2D eigenvalue weighted by Gasteiger charge is -2.04. The average molecular weight is 238 g/mol. The van der Waals surface area contributed by atoms with Gasteiger partial charge in [0.25, 0.3) is 0 Å². The lowest BCUT2D eigenvalue weighted by atomic mass is 10.1. The normalized spacial score (nSPS) is 10.5. The van der Waals surface area contributed by atoms with Gasteiger partial charge in [-0.15, -0.1) is 0 Å². The number of carboxylic acid groups (broad SMARTS) is 1. The molecule has 0 spiro atoms. The van der Waals surface area contributed by atoms with Crippen molar-refractivity contribution in [3.05, 3.63) is 41.6 Å². The molecule has 6 heteroatoms. The van der Waals surface area contributed by atoms with Crippen molar-refractivity contribution in [3.8, 4) is 11.3 Å². The molecule has 0 aliphatic rings. The maximum atomic E-state index is 13.1. The minimum Gasteiger partial charge on any atom is -0.478 e. The molecule has 4 nitrogen and oxygen atoms in total. The number of benzene rings is 1. The van der Waals surface area contributed by atoms with Crippen molar-refractivity contribution in [2.45, 2.75) is 0 Å². The van der Waals surface area contributed by atoms with Crippen LogP contribution in [0.4, 0.5) is 8.78 Å². The van der Waals surface area contributed by atoms with E-state index in [-0.39, 0.29) is 16.8 Å². The Morgan fingerprint density at radius 1 is 1.29 bits per heavy atom. The van der Waals surface area contributed by atoms with E-state index < -0.39 is 17.6 Å². The van der Waals surface area contributed by atoms with Gasteiger partial charge in [-0.1, -0.05) is 0 Å². The third-order valence-electron chi connectivity index (χ3n) is 2.31. The van der Waals surface area contributed by atoms with Crippen LogP contribution in [0.1, 0.15) is 10.4 Å². The molecule has 0 unspecified atom stereocenters. The van der Waals surface area contributed by atoms with E-state index in [9.17, 15) is 13.6 Å². The second-order valence-corrected chi connectivity index (χ2v) is 3.49. The van der Waals surface area contributed by atoms with E-state index in [1.807, 2.05) is 0 Å². The number of aromatic carboxylic acids is 1. The highest BCUT2D eigenvalue weighted by molar-refractivity contribution is 5.94. The van der Waals surface area contributed by atoms with Gasteiger partial charge >= 0.3 is 5.97 Å². The number of hydrogen-bond acceptors (Lipinski definition) is 2. The minimum absolute atomic E-state index is 0.0995. The Labute approximate surface area is 95.1 Å². The first-order valence-electron chi connectivity index (χ1n) is 4.71. The van der Waals surface area contributed by atoms with Gasteiger partial charge in [0.2, 0.25) is 0 Å². The quantitative estimate of drug-likeness (QED) is 0.871. The summed E-state index contributed by atoms with van der Waals surface area (Å²) in [5.41, 5.74) is 0.202. The van der Waals surface area contributed by atoms with Crippen LogP contribution in [0.25, 0.3) is 11.3 Å². The van der Waals surface area contributed by atoms with Crippen LogP contribution in [0.2, 0.25) is 0 Å². The zero-order valence-corrected chi connectivity index (χ0v) is 8.82. The van der Waals surface area contributed by atoms with Crippen LogP contribution in [-0.2, 0) is 7.05 Å². The second-order valence-electron chi connectivity index (χ2n) is 3.49. The highest BCUT2D eigenvalue weighted by Gasteiger charge is 2.17. The van der Waals surface area contributed by atoms with E-state index in [4.69, 9.17) is 5.11 Å². The minimum atomic E-state index is -1.20. The Balaban J connectivity index is 2.67. The van der Waals surface area contributed by atoms with Gasteiger partial charge in [0.15, 0.2) is 0 Å². The van der Waals surface area contributed by atoms with Gasteiger partial charge in [-0.05, 0) is 12.1 Å². The molecule has 1 aromatic carbocycles. The molecule has 0 fully saturated rings. The van der Waals surface area contributed by atoms with E-state index >= 15 is 0 Å². The molecule has 0 aliphatic carbocycles. The van der Waals surface area contributed by atoms with Crippen LogP contribution in [0.3, 0.4) is 0 Å². The molecule has 0 atom stereocenters. The number of hydrogen-bond donors (Lipinski definition) is 1. The van der Waals surface area contributed by atoms with Crippen LogP contribution in [0, 0.1) is 11.6 Å². The summed E-state index contributed by atoms with van der Waals surface area (Å²) in [7, 11) is 1.50. The number of carboxylic acids is 1. The van der Waals surface area contributed by atoms with Gasteiger partial charge in [-0.25, -0.2) is 13.6 Å². The summed E-state index contributed by atoms with van der Waals surface area (Å²) in [6, 6.07) is 2.85. The van der Waals surface area contributed by atoms with Crippen LogP contribution < -0.4 is 0 Å². The highest BCUT2D eigenvalue weighted by atomic mass is 19.1. The third kappa shape index (κ3) is 2.01. The molecule has 0 aliphatic heterocycles. The molecule has 2 aromatic rings. The fraction of sp³-hybridized carbons (Fsp3) is 0.0909. The van der Waals surface area contributed by atoms with Gasteiger partial charge < -0.3 is 5.11 Å². The molecule has 0 bridgehead atoms. The summed E-state index contributed by atoms with van der Waals surface area (Å²) in [6.45, 7) is 0. The van der Waals surface area contributed by atoms with E-state index in [0.29, 0.717) is 0 Å². The topological polar surface area (TPSA) is 55.1 Å². The first-order valence-corrected chi connectivity index (χ1v) is 4.71. The molecule has 17 heavy (non-hydrogen) atoms. The smallest absolute Gasteiger partial charge is 0.339 e. The zero-order valence-electron chi connectivity index (χ0n) is 8.82. The summed E-state index contributed by atoms with van der Waals surface area (Å²) >= 11 is 0. The zero-order chi connectivity index (χ0) is 12.6. The lowest BCUT2D eigenvalue weighted by molar-refractivity contribution is 0.0697. The van der Waals surface area contributed by atoms with Crippen LogP contribution >= 0.6 is 0 Å². The predicted molar refractivity (Wildman–Crippen MR) is 55.5 cm³/mol. The largest absolute Gasteiger partial charge is 0.478 e. The summed E-state index contributed by atoms with van der Waals surface area (Å²) in [5, 5.41) is 12.7. The fourth-order valence-electron chi connectivity index (χ4n) is 1.63. The van der Waals surface area contributed by atoms with Crippen LogP contribution in [0.15, 0.2) is 24.4 Å². The van der Waals surface area contributed by atoms with Crippen molar-refractivity contribution in [2.75, 3.05) is 0 Å². The van der Waals surface area contributed by atoms with Crippen molar-refractivity contribution in [1.29, 1.82) is 0 Å². The Kier molecular flexibility index (Phi) is 2.63. The Morgan fingerprint density at radius 2 is 1.88 bits per heavy atom. The van der Waals surface area contributed by atoms with E-state index in [1.165, 1.54) is 11.7 Å². The summed E-state index contributed by atoms with van der Waals surface area (Å²) in [5.74, 6) is -2.73. The van der Waals surface area contributed by atoms with Crippen LogP contribution in [0.5, 0.6) is 0 Å². The van der Waals surface area contributed by atoms with Crippen molar-refractivity contribution >= 4 is 5.97 Å². The van der Waals surface area contributed by atoms with Crippen molar-refractivity contribution in [1.82, 2.24) is 9.78 Å². The molecule has 2 rings (SSSR count). The molecule has 88 valence electrons. The van der Waals surface area contributed by atoms with Gasteiger partial charge in [-0.2, -0.15) is 5.10 Å². The second kappa shape index (κ2) is 3.97. The lowest BCUT2D eigenvalue weighted by Crippen LogP contribution is -2.01. The highest BCUT2D eigenvalue weighted by Crippen LogP contribution is 2.24. The molecule has 0 amide bonds. The predicted octanol–water partition coefficient (Wildman–Crippen LogP) is 2.06. The molecule has 1 heterocycles. The van der Waals surface area contributed by atoms with Gasteiger partial charge in [0.1, 0.15) is 17.2 Å². The molecular weight excluding hydrogens is 230 g/mol. The molecule has 1 aromatic heterocycles. The van der Waals surface area contributed by atoms with Crippen LogP contribution in [-0.4, -0.2) is 20.9 Å². The van der Waals surface area contributed by atoms with Crippen molar-refractivity contribution in [3.63, 3.8) is 0 Å². The Hall–Kier alpha value is -2.24. The monoisotopic (exact) mass is 238 g/mol. The number of carbonyl (C=O) groups is 1. The molecular formula is C11H8F2N2O2. The van der Waals surface area contributed by atoms with Crippen molar-refractivity contribution < 1.29 is 18.7 Å².